The molecule has 1 heterocycles. The van der Waals surface area contributed by atoms with Gasteiger partial charge >= 0.3 is 0 Å². The zero-order chi connectivity index (χ0) is 20.7. The number of nitrogens with one attached hydrogen (secondary N) is 1. The molecule has 2 nitrogen and oxygen atoms in total. The number of benzene rings is 1. The summed E-state index contributed by atoms with van der Waals surface area (Å²) in [6, 6.07) is 8.69. The van der Waals surface area contributed by atoms with Gasteiger partial charge in [0.25, 0.3) is 0 Å². The molecule has 2 bridgehead atoms. The van der Waals surface area contributed by atoms with Gasteiger partial charge in [0.2, 0.25) is 0 Å². The van der Waals surface area contributed by atoms with Crippen LogP contribution < -0.4 is 5.32 Å². The smallest absolute Gasteiger partial charge is 0.166 e. The topological polar surface area (TPSA) is 24.4 Å². The van der Waals surface area contributed by atoms with Gasteiger partial charge in [-0.25, -0.2) is 4.99 Å². The predicted molar refractivity (Wildman–Crippen MR) is 126 cm³/mol. The third kappa shape index (κ3) is 3.40. The summed E-state index contributed by atoms with van der Waals surface area (Å²) in [7, 11) is 0. The molecule has 1 aromatic carbocycles. The molecule has 1 spiro atoms. The summed E-state index contributed by atoms with van der Waals surface area (Å²) in [5.74, 6) is 0. The second-order valence-electron chi connectivity index (χ2n) is 11.9. The average Bonchev–Trinajstić information content (AvgIpc) is 2.51. The molecule has 3 aliphatic carbocycles. The molecule has 154 valence electrons. The number of allylic oxidation sites excluding steroid dienone is 3. The fourth-order valence-corrected chi connectivity index (χ4v) is 8.75. The van der Waals surface area contributed by atoms with Crippen LogP contribution >= 0.6 is 11.8 Å². The van der Waals surface area contributed by atoms with Crippen LogP contribution in [0.5, 0.6) is 0 Å². The SMILES string of the molecule is Cc1ccc(NC2=NC3=C4C(=C[C@]5(C)CC(C)(C)C[C@]4(C5)S2)CC(C)(C)C3)cc1. The van der Waals surface area contributed by atoms with Gasteiger partial charge in [0.15, 0.2) is 5.17 Å². The highest BCUT2D eigenvalue weighted by Gasteiger charge is 2.57. The Bertz CT molecular complexity index is 963. The Morgan fingerprint density at radius 1 is 0.897 bits per heavy atom. The molecule has 1 aromatic rings. The number of hydrogen-bond donors (Lipinski definition) is 1. The second kappa shape index (κ2) is 6.03. The van der Waals surface area contributed by atoms with Gasteiger partial charge < -0.3 is 5.32 Å². The fraction of sp³-hybridized carbons (Fsp3) is 0.577. The first-order chi connectivity index (χ1) is 13.5. The zero-order valence-corrected chi connectivity index (χ0v) is 19.6. The van der Waals surface area contributed by atoms with E-state index in [9.17, 15) is 0 Å². The molecule has 1 aliphatic heterocycles. The summed E-state index contributed by atoms with van der Waals surface area (Å²) in [4.78, 5) is 5.22. The van der Waals surface area contributed by atoms with E-state index in [1.807, 2.05) is 11.8 Å². The number of anilines is 1. The first-order valence-corrected chi connectivity index (χ1v) is 11.9. The highest BCUT2D eigenvalue weighted by Crippen LogP contribution is 2.67. The average molecular weight is 407 g/mol. The van der Waals surface area contributed by atoms with Crippen molar-refractivity contribution in [2.24, 2.45) is 21.2 Å². The van der Waals surface area contributed by atoms with Crippen LogP contribution in [0.3, 0.4) is 0 Å². The van der Waals surface area contributed by atoms with E-state index in [1.54, 1.807) is 11.1 Å². The Morgan fingerprint density at radius 3 is 2.34 bits per heavy atom. The Labute approximate surface area is 180 Å². The number of aliphatic imine (C=N–C) groups is 1. The minimum absolute atomic E-state index is 0.168. The van der Waals surface area contributed by atoms with Crippen LogP contribution in [-0.2, 0) is 0 Å². The van der Waals surface area contributed by atoms with Gasteiger partial charge in [-0.15, -0.1) is 0 Å². The van der Waals surface area contributed by atoms with Crippen LogP contribution in [0.25, 0.3) is 0 Å². The maximum atomic E-state index is 5.22. The molecule has 29 heavy (non-hydrogen) atoms. The Morgan fingerprint density at radius 2 is 1.62 bits per heavy atom. The molecule has 0 aromatic heterocycles. The normalized spacial score (nSPS) is 34.1. The van der Waals surface area contributed by atoms with E-state index in [-0.39, 0.29) is 10.2 Å². The summed E-state index contributed by atoms with van der Waals surface area (Å²) in [6.07, 6.45) is 8.69. The number of amidine groups is 1. The van der Waals surface area contributed by atoms with E-state index >= 15 is 0 Å². The van der Waals surface area contributed by atoms with Crippen molar-refractivity contribution in [1.29, 1.82) is 0 Å². The van der Waals surface area contributed by atoms with E-state index in [2.05, 4.69) is 77.2 Å². The van der Waals surface area contributed by atoms with Crippen molar-refractivity contribution >= 4 is 22.6 Å². The van der Waals surface area contributed by atoms with Gasteiger partial charge in [0.1, 0.15) is 0 Å². The summed E-state index contributed by atoms with van der Waals surface area (Å²) < 4.78 is 0.168. The molecular formula is C26H34N2S. The van der Waals surface area contributed by atoms with Crippen molar-refractivity contribution in [3.63, 3.8) is 0 Å². The molecule has 1 fully saturated rings. The largest absolute Gasteiger partial charge is 0.335 e. The van der Waals surface area contributed by atoms with Gasteiger partial charge in [-0.05, 0) is 78.6 Å². The van der Waals surface area contributed by atoms with Gasteiger partial charge in [0.05, 0.1) is 4.75 Å². The van der Waals surface area contributed by atoms with Gasteiger partial charge in [-0.1, -0.05) is 70.2 Å². The van der Waals surface area contributed by atoms with Gasteiger partial charge in [-0.3, -0.25) is 0 Å². The molecule has 1 saturated carbocycles. The van der Waals surface area contributed by atoms with E-state index < -0.39 is 0 Å². The van der Waals surface area contributed by atoms with Crippen molar-refractivity contribution in [3.05, 3.63) is 52.7 Å². The highest BCUT2D eigenvalue weighted by molar-refractivity contribution is 8.15. The molecule has 3 heteroatoms. The van der Waals surface area contributed by atoms with Crippen molar-refractivity contribution in [2.45, 2.75) is 78.4 Å². The fourth-order valence-electron chi connectivity index (χ4n) is 6.84. The van der Waals surface area contributed by atoms with Crippen molar-refractivity contribution < 1.29 is 0 Å². The molecule has 1 N–H and O–H groups in total. The number of fused-ring (bicyclic) bond motifs is 1. The quantitative estimate of drug-likeness (QED) is 0.523. The zero-order valence-electron chi connectivity index (χ0n) is 18.8. The van der Waals surface area contributed by atoms with Crippen molar-refractivity contribution in [1.82, 2.24) is 0 Å². The lowest BCUT2D eigenvalue weighted by atomic mass is 9.52. The van der Waals surface area contributed by atoms with E-state index in [0.29, 0.717) is 10.8 Å². The lowest BCUT2D eigenvalue weighted by molar-refractivity contribution is 0.107. The van der Waals surface area contributed by atoms with Crippen LogP contribution in [0.15, 0.2) is 52.2 Å². The number of nitrogens with zero attached hydrogens (tertiary/aromatic N) is 1. The second-order valence-corrected chi connectivity index (χ2v) is 13.2. The summed E-state index contributed by atoms with van der Waals surface area (Å²) in [5.41, 5.74) is 7.90. The lowest BCUT2D eigenvalue weighted by Crippen LogP contribution is -2.52. The van der Waals surface area contributed by atoms with Crippen LogP contribution in [0, 0.1) is 23.2 Å². The summed E-state index contributed by atoms with van der Waals surface area (Å²) in [6.45, 7) is 14.4. The maximum absolute atomic E-state index is 5.22. The third-order valence-electron chi connectivity index (χ3n) is 7.07. The highest BCUT2D eigenvalue weighted by atomic mass is 32.2. The molecule has 0 amide bonds. The Balaban J connectivity index is 1.62. The van der Waals surface area contributed by atoms with Gasteiger partial charge in [0, 0.05) is 11.4 Å². The maximum Gasteiger partial charge on any atom is 0.166 e. The van der Waals surface area contributed by atoms with Crippen LogP contribution in [0.1, 0.15) is 72.3 Å². The molecule has 0 saturated heterocycles. The number of hydrogen-bond acceptors (Lipinski definition) is 3. The van der Waals surface area contributed by atoms with Crippen LogP contribution in [0.4, 0.5) is 5.69 Å². The third-order valence-corrected chi connectivity index (χ3v) is 8.34. The van der Waals surface area contributed by atoms with Crippen LogP contribution in [-0.4, -0.2) is 9.91 Å². The number of aryl methyl sites for hydroxylation is 1. The minimum Gasteiger partial charge on any atom is -0.335 e. The van der Waals surface area contributed by atoms with E-state index in [1.165, 1.54) is 36.9 Å². The minimum atomic E-state index is 0.168. The predicted octanol–water partition coefficient (Wildman–Crippen LogP) is 7.48. The number of thioether (sulfide) groups is 1. The lowest BCUT2D eigenvalue weighted by Gasteiger charge is -2.59. The standard InChI is InChI=1S/C26H34N2S/c1-17-7-9-19(10-8-17)27-22-28-20-13-23(2,3)11-18-12-25(6)14-24(4,5)15-26(16-25,29-22)21(18)20/h7-10,12H,11,13-16H2,1-6H3,(H,27,28)/t25-,26-/m1/s1. The first kappa shape index (κ1) is 19.5. The van der Waals surface area contributed by atoms with Crippen molar-refractivity contribution in [3.8, 4) is 0 Å². The van der Waals surface area contributed by atoms with E-state index in [0.717, 1.165) is 17.3 Å². The Hall–Kier alpha value is -1.48. The van der Waals surface area contributed by atoms with Crippen LogP contribution in [0.2, 0.25) is 0 Å². The summed E-state index contributed by atoms with van der Waals surface area (Å²) in [5, 5.41) is 4.76. The molecule has 0 radical (unpaired) electrons. The molecule has 0 unspecified atom stereocenters. The molecule has 4 aliphatic rings. The number of rotatable bonds is 1. The summed E-state index contributed by atoms with van der Waals surface area (Å²) >= 11 is 2.01. The first-order valence-electron chi connectivity index (χ1n) is 11.0. The Kier molecular flexibility index (Phi) is 4.05. The van der Waals surface area contributed by atoms with E-state index in [4.69, 9.17) is 4.99 Å². The molecular weight excluding hydrogens is 372 g/mol. The van der Waals surface area contributed by atoms with Gasteiger partial charge in [-0.2, -0.15) is 0 Å². The monoisotopic (exact) mass is 406 g/mol. The molecule has 2 atom stereocenters. The molecule has 5 rings (SSSR count). The van der Waals surface area contributed by atoms with Crippen molar-refractivity contribution in [2.75, 3.05) is 5.32 Å².